The average Bonchev–Trinajstić information content (AvgIpc) is 2.14. The predicted octanol–water partition coefficient (Wildman–Crippen LogP) is 0.862. The molecule has 0 saturated heterocycles. The topological polar surface area (TPSA) is 80.7 Å². The van der Waals surface area contributed by atoms with Crippen LogP contribution in [0.4, 0.5) is 0 Å². The van der Waals surface area contributed by atoms with E-state index in [-0.39, 0.29) is 4.90 Å². The molecule has 16 heavy (non-hydrogen) atoms. The van der Waals surface area contributed by atoms with Crippen LogP contribution < -0.4 is 4.74 Å². The monoisotopic (exact) mass is 244 g/mol. The summed E-state index contributed by atoms with van der Waals surface area (Å²) in [5.74, 6) is -0.707. The van der Waals surface area contributed by atoms with E-state index < -0.39 is 22.4 Å². The maximum absolute atomic E-state index is 11.2. The Hall–Kier alpha value is -1.56. The summed E-state index contributed by atoms with van der Waals surface area (Å²) in [5.41, 5.74) is 0.587. The quantitative estimate of drug-likeness (QED) is 0.849. The van der Waals surface area contributed by atoms with E-state index in [1.165, 1.54) is 18.2 Å². The average molecular weight is 244 g/mol. The van der Waals surface area contributed by atoms with Crippen LogP contribution in [0.2, 0.25) is 0 Å². The number of sulfone groups is 1. The molecule has 0 fully saturated rings. The number of carbonyl (C=O) groups is 1. The van der Waals surface area contributed by atoms with E-state index >= 15 is 0 Å². The fourth-order valence-corrected chi connectivity index (χ4v) is 1.86. The molecule has 0 spiro atoms. The van der Waals surface area contributed by atoms with Gasteiger partial charge in [0.2, 0.25) is 0 Å². The van der Waals surface area contributed by atoms with Crippen molar-refractivity contribution in [2.75, 3.05) is 12.9 Å². The van der Waals surface area contributed by atoms with Crippen molar-refractivity contribution in [2.24, 2.45) is 0 Å². The molecule has 1 rings (SSSR count). The Morgan fingerprint density at radius 1 is 1.44 bits per heavy atom. The van der Waals surface area contributed by atoms with Crippen molar-refractivity contribution in [3.8, 4) is 5.75 Å². The van der Waals surface area contributed by atoms with Gasteiger partial charge >= 0.3 is 5.97 Å². The molecule has 0 aromatic heterocycles. The molecule has 6 heteroatoms. The number of rotatable bonds is 4. The standard InChI is InChI=1S/C10H12O5S/c1-7-5-8(16(2,13)14)3-4-9(7)15-6-10(11)12/h3-5H,6H2,1-2H3,(H,11,12). The predicted molar refractivity (Wildman–Crippen MR) is 57.4 cm³/mol. The molecule has 0 amide bonds. The zero-order valence-corrected chi connectivity index (χ0v) is 9.74. The highest BCUT2D eigenvalue weighted by Crippen LogP contribution is 2.21. The number of benzene rings is 1. The van der Waals surface area contributed by atoms with Crippen LogP contribution in [0.1, 0.15) is 5.56 Å². The van der Waals surface area contributed by atoms with Crippen molar-refractivity contribution in [1.82, 2.24) is 0 Å². The summed E-state index contributed by atoms with van der Waals surface area (Å²) in [7, 11) is -3.25. The van der Waals surface area contributed by atoms with Gasteiger partial charge in [0, 0.05) is 6.26 Å². The third-order valence-corrected chi connectivity index (χ3v) is 3.04. The van der Waals surface area contributed by atoms with Gasteiger partial charge in [0.05, 0.1) is 4.90 Å². The summed E-state index contributed by atoms with van der Waals surface area (Å²) in [6.45, 7) is 1.21. The lowest BCUT2D eigenvalue weighted by Gasteiger charge is -2.08. The maximum Gasteiger partial charge on any atom is 0.341 e. The Labute approximate surface area is 93.6 Å². The minimum absolute atomic E-state index is 0.188. The molecule has 0 radical (unpaired) electrons. The summed E-state index contributed by atoms with van der Waals surface area (Å²) >= 11 is 0. The van der Waals surface area contributed by atoms with Gasteiger partial charge in [-0.05, 0) is 30.7 Å². The summed E-state index contributed by atoms with van der Waals surface area (Å²) in [5, 5.41) is 8.43. The van der Waals surface area contributed by atoms with Crippen LogP contribution in [-0.2, 0) is 14.6 Å². The lowest BCUT2D eigenvalue weighted by Crippen LogP contribution is -2.10. The van der Waals surface area contributed by atoms with E-state index in [2.05, 4.69) is 0 Å². The van der Waals surface area contributed by atoms with Gasteiger partial charge < -0.3 is 9.84 Å². The third-order valence-electron chi connectivity index (χ3n) is 1.93. The molecule has 0 atom stereocenters. The zero-order valence-electron chi connectivity index (χ0n) is 8.93. The van der Waals surface area contributed by atoms with Gasteiger partial charge in [-0.15, -0.1) is 0 Å². The smallest absolute Gasteiger partial charge is 0.341 e. The molecule has 0 heterocycles. The van der Waals surface area contributed by atoms with E-state index in [1.54, 1.807) is 6.92 Å². The molecule has 1 aromatic carbocycles. The van der Waals surface area contributed by atoms with Crippen LogP contribution in [-0.4, -0.2) is 32.4 Å². The fourth-order valence-electron chi connectivity index (χ4n) is 1.15. The molecule has 1 aromatic rings. The van der Waals surface area contributed by atoms with Crippen molar-refractivity contribution >= 4 is 15.8 Å². The highest BCUT2D eigenvalue weighted by molar-refractivity contribution is 7.90. The molecule has 0 saturated carbocycles. The summed E-state index contributed by atoms with van der Waals surface area (Å²) in [4.78, 5) is 10.5. The Morgan fingerprint density at radius 3 is 2.50 bits per heavy atom. The second-order valence-electron chi connectivity index (χ2n) is 3.38. The van der Waals surface area contributed by atoms with Crippen LogP contribution >= 0.6 is 0 Å². The number of carboxylic acid groups (broad SMARTS) is 1. The van der Waals surface area contributed by atoms with E-state index in [4.69, 9.17) is 9.84 Å². The SMILES string of the molecule is Cc1cc(S(C)(=O)=O)ccc1OCC(=O)O. The van der Waals surface area contributed by atoms with Crippen LogP contribution in [0.3, 0.4) is 0 Å². The van der Waals surface area contributed by atoms with Crippen molar-refractivity contribution in [1.29, 1.82) is 0 Å². The first kappa shape index (κ1) is 12.5. The highest BCUT2D eigenvalue weighted by atomic mass is 32.2. The molecule has 0 bridgehead atoms. The number of hydrogen-bond acceptors (Lipinski definition) is 4. The second kappa shape index (κ2) is 4.52. The molecule has 0 aliphatic heterocycles. The minimum Gasteiger partial charge on any atom is -0.482 e. The molecule has 88 valence electrons. The summed E-state index contributed by atoms with van der Waals surface area (Å²) in [6, 6.07) is 4.29. The minimum atomic E-state index is -3.25. The number of ether oxygens (including phenoxy) is 1. The molecular formula is C10H12O5S. The Bertz CT molecular complexity index is 504. The summed E-state index contributed by atoms with van der Waals surface area (Å²) < 4.78 is 27.4. The number of hydrogen-bond donors (Lipinski definition) is 1. The summed E-state index contributed by atoms with van der Waals surface area (Å²) in [6.07, 6.45) is 1.11. The first-order valence-corrected chi connectivity index (χ1v) is 6.35. The van der Waals surface area contributed by atoms with Crippen LogP contribution in [0.5, 0.6) is 5.75 Å². The van der Waals surface area contributed by atoms with E-state index in [0.29, 0.717) is 11.3 Å². The van der Waals surface area contributed by atoms with E-state index in [9.17, 15) is 13.2 Å². The van der Waals surface area contributed by atoms with Gasteiger partial charge in [0.1, 0.15) is 5.75 Å². The normalized spacial score (nSPS) is 11.1. The van der Waals surface area contributed by atoms with Crippen molar-refractivity contribution < 1.29 is 23.1 Å². The van der Waals surface area contributed by atoms with Crippen LogP contribution in [0, 0.1) is 6.92 Å². The van der Waals surface area contributed by atoms with Gasteiger partial charge in [-0.3, -0.25) is 0 Å². The molecular weight excluding hydrogens is 232 g/mol. The third kappa shape index (κ3) is 3.23. The Morgan fingerprint density at radius 2 is 2.06 bits per heavy atom. The zero-order chi connectivity index (χ0) is 12.3. The van der Waals surface area contributed by atoms with Gasteiger partial charge in [0.25, 0.3) is 0 Å². The van der Waals surface area contributed by atoms with E-state index in [0.717, 1.165) is 6.26 Å². The highest BCUT2D eigenvalue weighted by Gasteiger charge is 2.10. The fraction of sp³-hybridized carbons (Fsp3) is 0.300. The molecule has 0 aliphatic rings. The first-order valence-electron chi connectivity index (χ1n) is 4.46. The molecule has 0 aliphatic carbocycles. The van der Waals surface area contributed by atoms with Crippen molar-refractivity contribution in [2.45, 2.75) is 11.8 Å². The van der Waals surface area contributed by atoms with Crippen molar-refractivity contribution in [3.63, 3.8) is 0 Å². The van der Waals surface area contributed by atoms with Crippen LogP contribution in [0.15, 0.2) is 23.1 Å². The van der Waals surface area contributed by atoms with Crippen LogP contribution in [0.25, 0.3) is 0 Å². The Kier molecular flexibility index (Phi) is 3.54. The molecule has 5 nitrogen and oxygen atoms in total. The number of aryl methyl sites for hydroxylation is 1. The van der Waals surface area contributed by atoms with Gasteiger partial charge in [0.15, 0.2) is 16.4 Å². The Balaban J connectivity index is 2.96. The largest absolute Gasteiger partial charge is 0.482 e. The second-order valence-corrected chi connectivity index (χ2v) is 5.40. The lowest BCUT2D eigenvalue weighted by atomic mass is 10.2. The van der Waals surface area contributed by atoms with Gasteiger partial charge in [-0.2, -0.15) is 0 Å². The van der Waals surface area contributed by atoms with E-state index in [1.807, 2.05) is 0 Å². The number of aliphatic carboxylic acids is 1. The van der Waals surface area contributed by atoms with Gasteiger partial charge in [-0.1, -0.05) is 0 Å². The first-order chi connectivity index (χ1) is 7.30. The lowest BCUT2D eigenvalue weighted by molar-refractivity contribution is -0.139. The molecule has 1 N–H and O–H groups in total. The number of carboxylic acids is 1. The van der Waals surface area contributed by atoms with Gasteiger partial charge in [-0.25, -0.2) is 13.2 Å². The van der Waals surface area contributed by atoms with Crippen molar-refractivity contribution in [3.05, 3.63) is 23.8 Å². The molecule has 0 unspecified atom stereocenters. The maximum atomic E-state index is 11.2.